The smallest absolute Gasteiger partial charge is 0.346 e. The molecule has 0 aliphatic carbocycles. The zero-order chi connectivity index (χ0) is 13.2. The summed E-state index contributed by atoms with van der Waals surface area (Å²) in [5.74, 6) is -0.900. The first-order valence-corrected chi connectivity index (χ1v) is 7.37. The molecule has 0 aromatic carbocycles. The zero-order valence-electron chi connectivity index (χ0n) is 9.85. The Labute approximate surface area is 105 Å². The fourth-order valence-corrected chi connectivity index (χ4v) is 3.78. The van der Waals surface area contributed by atoms with Crippen molar-refractivity contribution >= 4 is 27.3 Å². The van der Waals surface area contributed by atoms with Crippen LogP contribution >= 0.6 is 11.3 Å². The van der Waals surface area contributed by atoms with E-state index in [9.17, 15) is 13.2 Å². The van der Waals surface area contributed by atoms with E-state index in [1.807, 2.05) is 13.8 Å². The van der Waals surface area contributed by atoms with Gasteiger partial charge in [0.1, 0.15) is 9.09 Å². The highest BCUT2D eigenvalue weighted by Gasteiger charge is 2.21. The van der Waals surface area contributed by atoms with Crippen LogP contribution < -0.4 is 4.72 Å². The molecule has 0 radical (unpaired) electrons. The molecule has 17 heavy (non-hydrogen) atoms. The van der Waals surface area contributed by atoms with Gasteiger partial charge < -0.3 is 5.11 Å². The molecule has 96 valence electrons. The van der Waals surface area contributed by atoms with Crippen LogP contribution in [-0.4, -0.2) is 26.0 Å². The highest BCUT2D eigenvalue weighted by molar-refractivity contribution is 7.91. The van der Waals surface area contributed by atoms with Crippen molar-refractivity contribution in [1.29, 1.82) is 0 Å². The summed E-state index contributed by atoms with van der Waals surface area (Å²) < 4.78 is 26.2. The van der Waals surface area contributed by atoms with Gasteiger partial charge in [-0.1, -0.05) is 13.8 Å². The number of rotatable bonds is 5. The van der Waals surface area contributed by atoms with Crippen LogP contribution in [0.5, 0.6) is 0 Å². The highest BCUT2D eigenvalue weighted by atomic mass is 32.2. The van der Waals surface area contributed by atoms with Gasteiger partial charge in [-0.25, -0.2) is 17.9 Å². The van der Waals surface area contributed by atoms with Crippen LogP contribution in [0.1, 0.15) is 29.1 Å². The Bertz CT molecular complexity index is 516. The Hall–Kier alpha value is -0.920. The Kier molecular flexibility index (Phi) is 4.29. The van der Waals surface area contributed by atoms with Crippen molar-refractivity contribution in [3.8, 4) is 0 Å². The van der Waals surface area contributed by atoms with Crippen molar-refractivity contribution in [3.05, 3.63) is 16.5 Å². The molecule has 0 aliphatic heterocycles. The number of hydrogen-bond donors (Lipinski definition) is 2. The van der Waals surface area contributed by atoms with Crippen LogP contribution in [0.25, 0.3) is 0 Å². The maximum atomic E-state index is 11.8. The molecule has 0 saturated carbocycles. The first-order chi connectivity index (χ1) is 7.74. The molecule has 5 nitrogen and oxygen atoms in total. The second kappa shape index (κ2) is 5.16. The molecule has 0 amide bonds. The van der Waals surface area contributed by atoms with Crippen LogP contribution in [0.15, 0.2) is 10.3 Å². The number of sulfonamides is 1. The summed E-state index contributed by atoms with van der Waals surface area (Å²) in [6.45, 7) is 5.71. The van der Waals surface area contributed by atoms with Gasteiger partial charge >= 0.3 is 5.97 Å². The van der Waals surface area contributed by atoms with Crippen LogP contribution in [0.2, 0.25) is 0 Å². The van der Waals surface area contributed by atoms with E-state index in [1.165, 1.54) is 6.07 Å². The Morgan fingerprint density at radius 1 is 1.53 bits per heavy atom. The van der Waals surface area contributed by atoms with Crippen LogP contribution in [0, 0.1) is 12.8 Å². The summed E-state index contributed by atoms with van der Waals surface area (Å²) in [6, 6.07) is 1.39. The fourth-order valence-electron chi connectivity index (χ4n) is 1.15. The van der Waals surface area contributed by atoms with E-state index in [0.29, 0.717) is 12.1 Å². The molecule has 0 saturated heterocycles. The predicted molar refractivity (Wildman–Crippen MR) is 66.0 cm³/mol. The van der Waals surface area contributed by atoms with E-state index in [4.69, 9.17) is 5.11 Å². The number of thiophene rings is 1. The summed E-state index contributed by atoms with van der Waals surface area (Å²) in [5.41, 5.74) is 0.465. The van der Waals surface area contributed by atoms with E-state index in [1.54, 1.807) is 6.92 Å². The molecule has 0 unspecified atom stereocenters. The lowest BCUT2D eigenvalue weighted by Crippen LogP contribution is -2.26. The largest absolute Gasteiger partial charge is 0.477 e. The summed E-state index contributed by atoms with van der Waals surface area (Å²) in [4.78, 5) is 10.9. The third-order valence-corrected chi connectivity index (χ3v) is 5.16. The first-order valence-electron chi connectivity index (χ1n) is 5.07. The standard InChI is InChI=1S/C10H15NO4S2/c1-6(2)5-11-17(14,15)8-4-7(3)9(16-8)10(12)13/h4,6,11H,5H2,1-3H3,(H,12,13). The Balaban J connectivity index is 3.00. The number of carboxylic acids is 1. The van der Waals surface area contributed by atoms with Gasteiger partial charge in [0.25, 0.3) is 0 Å². The minimum absolute atomic E-state index is 0.0491. The monoisotopic (exact) mass is 277 g/mol. The van der Waals surface area contributed by atoms with Crippen LogP contribution in [0.3, 0.4) is 0 Å². The van der Waals surface area contributed by atoms with Crippen molar-refractivity contribution < 1.29 is 18.3 Å². The van der Waals surface area contributed by atoms with Crippen molar-refractivity contribution in [2.24, 2.45) is 5.92 Å². The van der Waals surface area contributed by atoms with Crippen LogP contribution in [0.4, 0.5) is 0 Å². The molecule has 0 bridgehead atoms. The van der Waals surface area contributed by atoms with E-state index in [-0.39, 0.29) is 15.0 Å². The predicted octanol–water partition coefficient (Wildman–Crippen LogP) is 1.69. The van der Waals surface area contributed by atoms with Crippen molar-refractivity contribution in [2.45, 2.75) is 25.0 Å². The summed E-state index contributed by atoms with van der Waals surface area (Å²) in [5, 5.41) is 8.86. The lowest BCUT2D eigenvalue weighted by Gasteiger charge is -2.06. The lowest BCUT2D eigenvalue weighted by atomic mass is 10.2. The van der Waals surface area contributed by atoms with Gasteiger partial charge in [0.2, 0.25) is 10.0 Å². The van der Waals surface area contributed by atoms with Crippen molar-refractivity contribution in [3.63, 3.8) is 0 Å². The quantitative estimate of drug-likeness (QED) is 0.858. The summed E-state index contributed by atoms with van der Waals surface area (Å²) >= 11 is 0.776. The Morgan fingerprint density at radius 3 is 2.53 bits per heavy atom. The maximum Gasteiger partial charge on any atom is 0.346 e. The molecule has 0 atom stereocenters. The molecular formula is C10H15NO4S2. The minimum Gasteiger partial charge on any atom is -0.477 e. The van der Waals surface area contributed by atoms with Gasteiger partial charge in [0.05, 0.1) is 0 Å². The van der Waals surface area contributed by atoms with Gasteiger partial charge in [-0.05, 0) is 24.5 Å². The van der Waals surface area contributed by atoms with Gasteiger partial charge in [0.15, 0.2) is 0 Å². The summed E-state index contributed by atoms with van der Waals surface area (Å²) in [7, 11) is -3.59. The molecule has 0 fully saturated rings. The third kappa shape index (κ3) is 3.52. The first kappa shape index (κ1) is 14.1. The maximum absolute atomic E-state index is 11.8. The van der Waals surface area contributed by atoms with Crippen molar-refractivity contribution in [1.82, 2.24) is 4.72 Å². The second-order valence-corrected chi connectivity index (χ2v) is 7.17. The normalized spacial score (nSPS) is 12.0. The second-order valence-electron chi connectivity index (χ2n) is 4.13. The van der Waals surface area contributed by atoms with Crippen LogP contribution in [-0.2, 0) is 10.0 Å². The zero-order valence-corrected chi connectivity index (χ0v) is 11.5. The van der Waals surface area contributed by atoms with Gasteiger partial charge in [-0.2, -0.15) is 0 Å². The molecule has 1 rings (SSSR count). The van der Waals surface area contributed by atoms with E-state index < -0.39 is 16.0 Å². The molecule has 2 N–H and O–H groups in total. The number of carboxylic acid groups (broad SMARTS) is 1. The number of aryl methyl sites for hydroxylation is 1. The number of nitrogens with one attached hydrogen (secondary N) is 1. The molecule has 7 heteroatoms. The van der Waals surface area contributed by atoms with Gasteiger partial charge in [-0.15, -0.1) is 11.3 Å². The molecular weight excluding hydrogens is 262 g/mol. The fraction of sp³-hybridized carbons (Fsp3) is 0.500. The number of aromatic carboxylic acids is 1. The third-order valence-electron chi connectivity index (χ3n) is 2.04. The summed E-state index contributed by atoms with van der Waals surface area (Å²) in [6.07, 6.45) is 0. The molecule has 1 aromatic rings. The highest BCUT2D eigenvalue weighted by Crippen LogP contribution is 2.25. The van der Waals surface area contributed by atoms with E-state index in [0.717, 1.165) is 11.3 Å². The molecule has 0 spiro atoms. The molecule has 1 aromatic heterocycles. The SMILES string of the molecule is Cc1cc(S(=O)(=O)NCC(C)C)sc1C(=O)O. The lowest BCUT2D eigenvalue weighted by molar-refractivity contribution is 0.0701. The van der Waals surface area contributed by atoms with Gasteiger partial charge in [0, 0.05) is 6.54 Å². The topological polar surface area (TPSA) is 83.5 Å². The molecule has 1 heterocycles. The van der Waals surface area contributed by atoms with E-state index in [2.05, 4.69) is 4.72 Å². The molecule has 0 aliphatic rings. The van der Waals surface area contributed by atoms with Gasteiger partial charge in [-0.3, -0.25) is 0 Å². The Morgan fingerprint density at radius 2 is 2.12 bits per heavy atom. The minimum atomic E-state index is -3.59. The average Bonchev–Trinajstić information content (AvgIpc) is 2.58. The van der Waals surface area contributed by atoms with E-state index >= 15 is 0 Å². The number of carbonyl (C=O) groups is 1. The average molecular weight is 277 g/mol. The number of hydrogen-bond acceptors (Lipinski definition) is 4. The van der Waals surface area contributed by atoms with Crippen molar-refractivity contribution in [2.75, 3.05) is 6.54 Å².